The number of aromatic nitrogens is 2. The van der Waals surface area contributed by atoms with Crippen LogP contribution in [-0.4, -0.2) is 43.8 Å². The third kappa shape index (κ3) is 4.40. The Labute approximate surface area is 109 Å². The molecular formula is C13H25N3O2. The average Bonchev–Trinajstić information content (AvgIpc) is 2.62. The molecule has 1 aromatic rings. The number of rotatable bonds is 9. The van der Waals surface area contributed by atoms with Crippen molar-refractivity contribution in [2.45, 2.75) is 33.4 Å². The minimum Gasteiger partial charge on any atom is -0.385 e. The molecule has 0 fully saturated rings. The first-order chi connectivity index (χ1) is 8.70. The Bertz CT molecular complexity index is 350. The van der Waals surface area contributed by atoms with Crippen molar-refractivity contribution in [2.24, 2.45) is 0 Å². The van der Waals surface area contributed by atoms with Gasteiger partial charge >= 0.3 is 0 Å². The largest absolute Gasteiger partial charge is 0.385 e. The van der Waals surface area contributed by atoms with Crippen LogP contribution in [0.1, 0.15) is 23.4 Å². The predicted molar refractivity (Wildman–Crippen MR) is 71.8 cm³/mol. The normalized spacial score (nSPS) is 11.1. The number of ether oxygens (including phenoxy) is 2. The Kier molecular flexibility index (Phi) is 6.93. The van der Waals surface area contributed by atoms with E-state index in [1.165, 1.54) is 11.3 Å². The van der Waals surface area contributed by atoms with E-state index in [9.17, 15) is 0 Å². The molecule has 0 aliphatic rings. The highest BCUT2D eigenvalue weighted by Crippen LogP contribution is 2.12. The first-order valence-corrected chi connectivity index (χ1v) is 6.44. The van der Waals surface area contributed by atoms with Gasteiger partial charge in [-0.25, -0.2) is 0 Å². The van der Waals surface area contributed by atoms with Gasteiger partial charge in [-0.15, -0.1) is 0 Å². The number of nitrogens with zero attached hydrogens (tertiary/aromatic N) is 2. The molecule has 1 heterocycles. The molecule has 0 amide bonds. The Balaban J connectivity index is 2.36. The van der Waals surface area contributed by atoms with Crippen molar-refractivity contribution >= 4 is 0 Å². The van der Waals surface area contributed by atoms with E-state index in [0.717, 1.165) is 38.4 Å². The highest BCUT2D eigenvalue weighted by Gasteiger charge is 2.09. The van der Waals surface area contributed by atoms with Gasteiger partial charge in [0.1, 0.15) is 0 Å². The molecule has 0 aliphatic carbocycles. The van der Waals surface area contributed by atoms with E-state index in [0.29, 0.717) is 6.61 Å². The van der Waals surface area contributed by atoms with Gasteiger partial charge in [-0.2, -0.15) is 5.10 Å². The quantitative estimate of drug-likeness (QED) is 0.675. The van der Waals surface area contributed by atoms with E-state index < -0.39 is 0 Å². The van der Waals surface area contributed by atoms with Gasteiger partial charge in [0, 0.05) is 38.1 Å². The molecule has 0 unspecified atom stereocenters. The third-order valence-corrected chi connectivity index (χ3v) is 2.97. The molecule has 1 rings (SSSR count). The SMILES string of the molecule is CNCc1c(C)nn(CCOCCCOC)c1C. The lowest BCUT2D eigenvalue weighted by Crippen LogP contribution is -2.11. The van der Waals surface area contributed by atoms with Gasteiger partial charge in [0.2, 0.25) is 0 Å². The Hall–Kier alpha value is -0.910. The molecule has 0 radical (unpaired) electrons. The van der Waals surface area contributed by atoms with Crippen LogP contribution in [-0.2, 0) is 22.6 Å². The summed E-state index contributed by atoms with van der Waals surface area (Å²) in [7, 11) is 3.66. The lowest BCUT2D eigenvalue weighted by molar-refractivity contribution is 0.0958. The minimum absolute atomic E-state index is 0.699. The number of hydrogen-bond donors (Lipinski definition) is 1. The fourth-order valence-corrected chi connectivity index (χ4v) is 1.94. The van der Waals surface area contributed by atoms with Crippen molar-refractivity contribution in [3.8, 4) is 0 Å². The maximum atomic E-state index is 5.55. The van der Waals surface area contributed by atoms with E-state index in [4.69, 9.17) is 9.47 Å². The van der Waals surface area contributed by atoms with Gasteiger partial charge < -0.3 is 14.8 Å². The van der Waals surface area contributed by atoms with Crippen LogP contribution in [0.3, 0.4) is 0 Å². The molecular weight excluding hydrogens is 230 g/mol. The fourth-order valence-electron chi connectivity index (χ4n) is 1.94. The van der Waals surface area contributed by atoms with Crippen LogP contribution in [0.2, 0.25) is 0 Å². The standard InChI is InChI=1S/C13H25N3O2/c1-11-13(10-14-3)12(2)16(15-11)6-9-18-8-5-7-17-4/h14H,5-10H2,1-4H3. The molecule has 1 N–H and O–H groups in total. The summed E-state index contributed by atoms with van der Waals surface area (Å²) in [5, 5.41) is 7.71. The van der Waals surface area contributed by atoms with Crippen molar-refractivity contribution in [1.29, 1.82) is 0 Å². The molecule has 104 valence electrons. The Morgan fingerprint density at radius 1 is 1.22 bits per heavy atom. The second-order valence-electron chi connectivity index (χ2n) is 4.36. The van der Waals surface area contributed by atoms with E-state index >= 15 is 0 Å². The molecule has 0 saturated heterocycles. The van der Waals surface area contributed by atoms with Gasteiger partial charge in [-0.05, 0) is 27.3 Å². The number of nitrogens with one attached hydrogen (secondary N) is 1. The first kappa shape index (κ1) is 15.1. The molecule has 1 aromatic heterocycles. The zero-order chi connectivity index (χ0) is 13.4. The van der Waals surface area contributed by atoms with Gasteiger partial charge in [0.05, 0.1) is 18.8 Å². The van der Waals surface area contributed by atoms with Crippen molar-refractivity contribution in [3.63, 3.8) is 0 Å². The van der Waals surface area contributed by atoms with Crippen LogP contribution in [0.15, 0.2) is 0 Å². The molecule has 0 saturated carbocycles. The van der Waals surface area contributed by atoms with Crippen LogP contribution < -0.4 is 5.32 Å². The molecule has 18 heavy (non-hydrogen) atoms. The van der Waals surface area contributed by atoms with E-state index in [2.05, 4.69) is 24.3 Å². The molecule has 0 spiro atoms. The summed E-state index contributed by atoms with van der Waals surface area (Å²) in [6.45, 7) is 8.04. The zero-order valence-electron chi connectivity index (χ0n) is 12.0. The predicted octanol–water partition coefficient (Wildman–Crippen LogP) is 1.27. The van der Waals surface area contributed by atoms with E-state index in [1.54, 1.807) is 7.11 Å². The summed E-state index contributed by atoms with van der Waals surface area (Å²) in [6, 6.07) is 0. The highest BCUT2D eigenvalue weighted by atomic mass is 16.5. The molecule has 0 aromatic carbocycles. The summed E-state index contributed by atoms with van der Waals surface area (Å²) in [5.41, 5.74) is 3.61. The summed E-state index contributed by atoms with van der Waals surface area (Å²) >= 11 is 0. The van der Waals surface area contributed by atoms with Gasteiger partial charge in [0.25, 0.3) is 0 Å². The van der Waals surface area contributed by atoms with Gasteiger partial charge in [-0.3, -0.25) is 4.68 Å². The topological polar surface area (TPSA) is 48.3 Å². The van der Waals surface area contributed by atoms with Crippen LogP contribution in [0.4, 0.5) is 0 Å². The third-order valence-electron chi connectivity index (χ3n) is 2.97. The summed E-state index contributed by atoms with van der Waals surface area (Å²) in [5.74, 6) is 0. The van der Waals surface area contributed by atoms with E-state index in [1.807, 2.05) is 11.7 Å². The zero-order valence-corrected chi connectivity index (χ0v) is 12.0. The lowest BCUT2D eigenvalue weighted by Gasteiger charge is -2.06. The molecule has 0 atom stereocenters. The number of methoxy groups -OCH3 is 1. The molecule has 0 aliphatic heterocycles. The minimum atomic E-state index is 0.699. The smallest absolute Gasteiger partial charge is 0.0662 e. The molecule has 0 bridgehead atoms. The summed E-state index contributed by atoms with van der Waals surface area (Å²) in [4.78, 5) is 0. The van der Waals surface area contributed by atoms with Gasteiger partial charge in [-0.1, -0.05) is 0 Å². The molecule has 5 nitrogen and oxygen atoms in total. The monoisotopic (exact) mass is 255 g/mol. The Morgan fingerprint density at radius 2 is 2.00 bits per heavy atom. The Morgan fingerprint density at radius 3 is 2.67 bits per heavy atom. The lowest BCUT2D eigenvalue weighted by atomic mass is 10.2. The first-order valence-electron chi connectivity index (χ1n) is 6.44. The van der Waals surface area contributed by atoms with Crippen LogP contribution in [0.5, 0.6) is 0 Å². The maximum absolute atomic E-state index is 5.55. The van der Waals surface area contributed by atoms with Crippen molar-refractivity contribution in [1.82, 2.24) is 15.1 Å². The second kappa shape index (κ2) is 8.24. The summed E-state index contributed by atoms with van der Waals surface area (Å²) in [6.07, 6.45) is 0.943. The van der Waals surface area contributed by atoms with Crippen LogP contribution in [0.25, 0.3) is 0 Å². The highest BCUT2D eigenvalue weighted by molar-refractivity contribution is 5.24. The van der Waals surface area contributed by atoms with Crippen LogP contribution in [0, 0.1) is 13.8 Å². The fraction of sp³-hybridized carbons (Fsp3) is 0.769. The van der Waals surface area contributed by atoms with Crippen molar-refractivity contribution in [3.05, 3.63) is 17.0 Å². The second-order valence-corrected chi connectivity index (χ2v) is 4.36. The van der Waals surface area contributed by atoms with Crippen LogP contribution >= 0.6 is 0 Å². The number of aryl methyl sites for hydroxylation is 1. The van der Waals surface area contributed by atoms with Gasteiger partial charge in [0.15, 0.2) is 0 Å². The van der Waals surface area contributed by atoms with E-state index in [-0.39, 0.29) is 0 Å². The summed E-state index contributed by atoms with van der Waals surface area (Å²) < 4.78 is 12.5. The maximum Gasteiger partial charge on any atom is 0.0662 e. The average molecular weight is 255 g/mol. The number of hydrogen-bond acceptors (Lipinski definition) is 4. The van der Waals surface area contributed by atoms with Crippen molar-refractivity contribution in [2.75, 3.05) is 34.0 Å². The molecule has 5 heteroatoms. The van der Waals surface area contributed by atoms with Crippen molar-refractivity contribution < 1.29 is 9.47 Å².